The molecule has 1 aromatic carbocycles. The minimum absolute atomic E-state index is 0.0200. The molecular weight excluding hydrogens is 364 g/mol. The third kappa shape index (κ3) is 3.27. The van der Waals surface area contributed by atoms with Crippen LogP contribution in [0.4, 0.5) is 0 Å². The molecule has 5 unspecified atom stereocenters. The highest BCUT2D eigenvalue weighted by molar-refractivity contribution is 6.00. The van der Waals surface area contributed by atoms with Crippen molar-refractivity contribution in [2.45, 2.75) is 57.6 Å². The first-order valence-corrected chi connectivity index (χ1v) is 11.3. The van der Waals surface area contributed by atoms with E-state index in [9.17, 15) is 9.59 Å². The summed E-state index contributed by atoms with van der Waals surface area (Å²) in [5.74, 6) is 2.18. The van der Waals surface area contributed by atoms with Gasteiger partial charge in [-0.1, -0.05) is 12.1 Å². The van der Waals surface area contributed by atoms with Crippen molar-refractivity contribution in [1.29, 1.82) is 0 Å². The maximum Gasteiger partial charge on any atom is 0.223 e. The summed E-state index contributed by atoms with van der Waals surface area (Å²) in [6.45, 7) is 7.51. The highest BCUT2D eigenvalue weighted by Gasteiger charge is 2.70. The van der Waals surface area contributed by atoms with Gasteiger partial charge in [-0.25, -0.2) is 0 Å². The van der Waals surface area contributed by atoms with Gasteiger partial charge in [0.05, 0.1) is 12.0 Å². The van der Waals surface area contributed by atoms with Gasteiger partial charge in [0.15, 0.2) is 5.78 Å². The fraction of sp³-hybridized carbons (Fsp3) is 0.667. The maximum absolute atomic E-state index is 13.0. The van der Waals surface area contributed by atoms with Gasteiger partial charge >= 0.3 is 0 Å². The van der Waals surface area contributed by atoms with Crippen LogP contribution in [0.25, 0.3) is 0 Å². The summed E-state index contributed by atoms with van der Waals surface area (Å²) < 4.78 is 6.41. The molecule has 5 heteroatoms. The number of ether oxygens (including phenoxy) is 1. The number of likely N-dealkylation sites (tertiary alicyclic amines) is 1. The summed E-state index contributed by atoms with van der Waals surface area (Å²) in [4.78, 5) is 28.2. The van der Waals surface area contributed by atoms with Crippen LogP contribution in [-0.4, -0.2) is 47.9 Å². The molecular formula is C24H32N2O3. The second-order valence-electron chi connectivity index (χ2n) is 9.86. The summed E-state index contributed by atoms with van der Waals surface area (Å²) in [5.41, 5.74) is 0.229. The number of piperidine rings is 1. The topological polar surface area (TPSA) is 58.6 Å². The summed E-state index contributed by atoms with van der Waals surface area (Å²) in [6.07, 6.45) is 4.70. The molecule has 2 aliphatic carbocycles. The van der Waals surface area contributed by atoms with Crippen molar-refractivity contribution >= 4 is 11.7 Å². The number of hydrogen-bond donors (Lipinski definition) is 1. The summed E-state index contributed by atoms with van der Waals surface area (Å²) >= 11 is 0. The molecule has 2 aliphatic heterocycles. The normalized spacial score (nSPS) is 35.9. The van der Waals surface area contributed by atoms with Crippen LogP contribution in [0.3, 0.4) is 0 Å². The number of carbonyl (C=O) groups is 2. The van der Waals surface area contributed by atoms with Crippen LogP contribution in [0.1, 0.15) is 56.3 Å². The molecule has 0 radical (unpaired) electrons. The van der Waals surface area contributed by atoms with Gasteiger partial charge in [-0.3, -0.25) is 9.59 Å². The smallest absolute Gasteiger partial charge is 0.223 e. The standard InChI is InChI=1S/C24H32N2O3/c1-15(2)26-11-5-6-16(14-26)13-25-23(28)21-18-9-10-24(22(18)21)12-19(27)17-7-3-4-8-20(17)29-24/h3-4,7-8,15-16,18,21-22H,5-6,9-14H2,1-2H3,(H,25,28). The molecule has 3 fully saturated rings. The SMILES string of the molecule is CC(C)N1CCCC(CNC(=O)C2C3CCC4(CC(=O)c5ccccc5O4)C32)C1. The lowest BCUT2D eigenvalue weighted by molar-refractivity contribution is -0.124. The molecule has 1 saturated heterocycles. The number of carbonyl (C=O) groups excluding carboxylic acids is 2. The quantitative estimate of drug-likeness (QED) is 0.849. The summed E-state index contributed by atoms with van der Waals surface area (Å²) in [6, 6.07) is 8.11. The van der Waals surface area contributed by atoms with Crippen molar-refractivity contribution in [2.24, 2.45) is 23.7 Å². The number of amides is 1. The molecule has 156 valence electrons. The Balaban J connectivity index is 1.21. The van der Waals surface area contributed by atoms with Crippen LogP contribution in [0.15, 0.2) is 24.3 Å². The zero-order valence-corrected chi connectivity index (χ0v) is 17.5. The van der Waals surface area contributed by atoms with Crippen LogP contribution >= 0.6 is 0 Å². The van der Waals surface area contributed by atoms with Gasteiger partial charge in [0.2, 0.25) is 5.91 Å². The van der Waals surface area contributed by atoms with Gasteiger partial charge in [-0.05, 0) is 70.0 Å². The van der Waals surface area contributed by atoms with Gasteiger partial charge in [0, 0.05) is 31.0 Å². The number of hydrogen-bond acceptors (Lipinski definition) is 4. The minimum atomic E-state index is -0.461. The van der Waals surface area contributed by atoms with E-state index in [1.54, 1.807) is 0 Å². The van der Waals surface area contributed by atoms with Gasteiger partial charge in [0.1, 0.15) is 11.4 Å². The van der Waals surface area contributed by atoms with Crippen molar-refractivity contribution in [3.05, 3.63) is 29.8 Å². The third-order valence-corrected chi connectivity index (χ3v) is 7.79. The summed E-state index contributed by atoms with van der Waals surface area (Å²) in [5, 5.41) is 3.25. The lowest BCUT2D eigenvalue weighted by atomic mass is 9.84. The van der Waals surface area contributed by atoms with Gasteiger partial charge in [-0.15, -0.1) is 0 Å². The van der Waals surface area contributed by atoms with Gasteiger partial charge in [0.25, 0.3) is 0 Å². The number of nitrogens with one attached hydrogen (secondary N) is 1. The van der Waals surface area contributed by atoms with Crippen molar-refractivity contribution in [3.8, 4) is 5.75 Å². The van der Waals surface area contributed by atoms with Crippen LogP contribution in [0, 0.1) is 23.7 Å². The Morgan fingerprint density at radius 3 is 2.97 bits per heavy atom. The largest absolute Gasteiger partial charge is 0.486 e. The Morgan fingerprint density at radius 2 is 2.14 bits per heavy atom. The van der Waals surface area contributed by atoms with E-state index in [0.29, 0.717) is 35.6 Å². The Labute approximate surface area is 173 Å². The second kappa shape index (κ2) is 7.12. The van der Waals surface area contributed by atoms with Gasteiger partial charge < -0.3 is 15.0 Å². The zero-order chi connectivity index (χ0) is 20.2. The predicted octanol–water partition coefficient (Wildman–Crippen LogP) is 3.28. The number of nitrogens with zero attached hydrogens (tertiary/aromatic N) is 1. The number of para-hydroxylation sites is 1. The van der Waals surface area contributed by atoms with Crippen molar-refractivity contribution in [3.63, 3.8) is 0 Å². The Kier molecular flexibility index (Phi) is 4.69. The van der Waals surface area contributed by atoms with Crippen LogP contribution in [0.2, 0.25) is 0 Å². The van der Waals surface area contributed by atoms with E-state index in [2.05, 4.69) is 24.1 Å². The fourth-order valence-corrected chi connectivity index (χ4v) is 6.21. The van der Waals surface area contributed by atoms with E-state index >= 15 is 0 Å². The highest BCUT2D eigenvalue weighted by atomic mass is 16.5. The molecule has 2 heterocycles. The molecule has 4 aliphatic rings. The first-order valence-electron chi connectivity index (χ1n) is 11.3. The summed E-state index contributed by atoms with van der Waals surface area (Å²) in [7, 11) is 0. The molecule has 1 aromatic rings. The second-order valence-corrected chi connectivity index (χ2v) is 9.86. The Bertz CT molecular complexity index is 822. The van der Waals surface area contributed by atoms with Crippen molar-refractivity contribution in [2.75, 3.05) is 19.6 Å². The molecule has 2 saturated carbocycles. The van der Waals surface area contributed by atoms with E-state index in [1.807, 2.05) is 24.3 Å². The number of benzene rings is 1. The lowest BCUT2D eigenvalue weighted by Gasteiger charge is -2.37. The number of fused-ring (bicyclic) bond motifs is 3. The Hall–Kier alpha value is -1.88. The molecule has 1 amide bonds. The van der Waals surface area contributed by atoms with E-state index in [1.165, 1.54) is 19.4 Å². The molecule has 0 aromatic heterocycles. The first-order chi connectivity index (χ1) is 14.0. The minimum Gasteiger partial charge on any atom is -0.486 e. The monoisotopic (exact) mass is 396 g/mol. The van der Waals surface area contributed by atoms with Crippen LogP contribution < -0.4 is 10.1 Å². The highest BCUT2D eigenvalue weighted by Crippen LogP contribution is 2.65. The first kappa shape index (κ1) is 19.1. The fourth-order valence-electron chi connectivity index (χ4n) is 6.21. The van der Waals surface area contributed by atoms with Crippen molar-refractivity contribution < 1.29 is 14.3 Å². The van der Waals surface area contributed by atoms with Crippen LogP contribution in [-0.2, 0) is 4.79 Å². The zero-order valence-electron chi connectivity index (χ0n) is 17.5. The molecule has 5 rings (SSSR count). The molecule has 29 heavy (non-hydrogen) atoms. The van der Waals surface area contributed by atoms with E-state index < -0.39 is 5.60 Å². The predicted molar refractivity (Wildman–Crippen MR) is 111 cm³/mol. The third-order valence-electron chi connectivity index (χ3n) is 7.79. The Morgan fingerprint density at radius 1 is 1.31 bits per heavy atom. The number of rotatable bonds is 4. The number of ketones is 1. The van der Waals surface area contributed by atoms with Gasteiger partial charge in [-0.2, -0.15) is 0 Å². The maximum atomic E-state index is 13.0. The number of Topliss-reactive ketones (excluding diaryl/α,β-unsaturated/α-hetero) is 1. The molecule has 0 bridgehead atoms. The average molecular weight is 397 g/mol. The van der Waals surface area contributed by atoms with Crippen LogP contribution in [0.5, 0.6) is 5.75 Å². The van der Waals surface area contributed by atoms with E-state index in [4.69, 9.17) is 4.74 Å². The molecule has 1 spiro atoms. The van der Waals surface area contributed by atoms with E-state index in [-0.39, 0.29) is 23.5 Å². The van der Waals surface area contributed by atoms with Crippen molar-refractivity contribution in [1.82, 2.24) is 10.2 Å². The molecule has 5 atom stereocenters. The molecule has 5 nitrogen and oxygen atoms in total. The average Bonchev–Trinajstić information content (AvgIpc) is 3.37. The molecule has 1 N–H and O–H groups in total. The van der Waals surface area contributed by atoms with E-state index in [0.717, 1.165) is 25.9 Å². The lowest BCUT2D eigenvalue weighted by Crippen LogP contribution is -2.46.